The van der Waals surface area contributed by atoms with E-state index in [0.29, 0.717) is 24.5 Å². The number of carbonyl (C=O) groups excluding carboxylic acids is 1. The molecular weight excluding hydrogens is 589 g/mol. The molecule has 2 N–H and O–H groups in total. The average Bonchev–Trinajstić information content (AvgIpc) is 3.33. The van der Waals surface area contributed by atoms with E-state index < -0.39 is 11.8 Å². The number of carbonyl (C=O) groups is 1. The van der Waals surface area contributed by atoms with Crippen LogP contribution < -0.4 is 36.9 Å². The number of rotatable bonds is 18. The van der Waals surface area contributed by atoms with Gasteiger partial charge in [0.05, 0.1) is 23.4 Å². The number of aryl methyl sites for hydroxylation is 1. The molecule has 0 saturated carbocycles. The number of para-hydroxylation sites is 2. The zero-order chi connectivity index (χ0) is 27.7. The number of benzene rings is 2. The first kappa shape index (κ1) is 33.8. The molecule has 8 heteroatoms. The SMILES string of the molecule is CCCCCCCCCCCCCCOc1c(F)cccc1NC(=O)Nc1ccccc1C[n+]1cscc1C.[Br-]. The zero-order valence-corrected chi connectivity index (χ0v) is 26.4. The van der Waals surface area contributed by atoms with Crippen LogP contribution in [0.5, 0.6) is 5.75 Å². The monoisotopic (exact) mass is 633 g/mol. The summed E-state index contributed by atoms with van der Waals surface area (Å²) in [6, 6.07) is 11.9. The number of hydrogen-bond acceptors (Lipinski definition) is 3. The molecule has 0 atom stereocenters. The molecule has 0 unspecified atom stereocenters. The van der Waals surface area contributed by atoms with Crippen LogP contribution in [0.3, 0.4) is 0 Å². The molecule has 0 radical (unpaired) electrons. The summed E-state index contributed by atoms with van der Waals surface area (Å²) in [6.07, 6.45) is 15.1. The zero-order valence-electron chi connectivity index (χ0n) is 24.0. The van der Waals surface area contributed by atoms with Gasteiger partial charge in [-0.25, -0.2) is 9.18 Å². The van der Waals surface area contributed by atoms with Gasteiger partial charge in [-0.05, 0) is 24.6 Å². The van der Waals surface area contributed by atoms with Crippen molar-refractivity contribution < 1.29 is 35.5 Å². The van der Waals surface area contributed by atoms with Gasteiger partial charge in [0.1, 0.15) is 0 Å². The maximum absolute atomic E-state index is 14.6. The van der Waals surface area contributed by atoms with Gasteiger partial charge in [0.15, 0.2) is 23.8 Å². The molecule has 0 spiro atoms. The maximum atomic E-state index is 14.6. The van der Waals surface area contributed by atoms with Crippen LogP contribution in [0.4, 0.5) is 20.6 Å². The van der Waals surface area contributed by atoms with Crippen molar-refractivity contribution in [1.29, 1.82) is 0 Å². The Balaban J connectivity index is 0.00000560. The van der Waals surface area contributed by atoms with E-state index in [4.69, 9.17) is 4.74 Å². The van der Waals surface area contributed by atoms with E-state index in [2.05, 4.69) is 39.9 Å². The van der Waals surface area contributed by atoms with Crippen LogP contribution in [0.15, 0.2) is 53.4 Å². The van der Waals surface area contributed by atoms with E-state index in [1.807, 2.05) is 24.3 Å². The molecule has 40 heavy (non-hydrogen) atoms. The lowest BCUT2D eigenvalue weighted by Gasteiger charge is -2.15. The summed E-state index contributed by atoms with van der Waals surface area (Å²) in [5.74, 6) is -0.384. The highest BCUT2D eigenvalue weighted by atomic mass is 79.9. The minimum absolute atomic E-state index is 0. The molecule has 1 heterocycles. The van der Waals surface area contributed by atoms with Crippen LogP contribution in [-0.2, 0) is 6.54 Å². The van der Waals surface area contributed by atoms with Gasteiger partial charge in [-0.15, -0.1) is 0 Å². The van der Waals surface area contributed by atoms with Crippen molar-refractivity contribution in [3.63, 3.8) is 0 Å². The second kappa shape index (κ2) is 19.6. The van der Waals surface area contributed by atoms with E-state index in [1.165, 1.54) is 70.3 Å². The number of thiazole rings is 1. The Bertz CT molecular complexity index is 1140. The number of hydrogen-bond donors (Lipinski definition) is 2. The van der Waals surface area contributed by atoms with E-state index in [9.17, 15) is 9.18 Å². The molecule has 0 aliphatic heterocycles. The predicted octanol–water partition coefficient (Wildman–Crippen LogP) is 6.26. The minimum Gasteiger partial charge on any atom is -1.00 e. The van der Waals surface area contributed by atoms with Crippen molar-refractivity contribution in [3.05, 3.63) is 70.4 Å². The molecule has 0 saturated heterocycles. The van der Waals surface area contributed by atoms with Crippen LogP contribution in [0.2, 0.25) is 0 Å². The Labute approximate surface area is 254 Å². The van der Waals surface area contributed by atoms with Crippen LogP contribution in [0.25, 0.3) is 0 Å². The molecule has 5 nitrogen and oxygen atoms in total. The Morgan fingerprint density at radius 1 is 0.850 bits per heavy atom. The van der Waals surface area contributed by atoms with Gasteiger partial charge in [0, 0.05) is 12.5 Å². The van der Waals surface area contributed by atoms with Crippen LogP contribution in [-0.4, -0.2) is 12.6 Å². The normalized spacial score (nSPS) is 10.7. The van der Waals surface area contributed by atoms with E-state index in [-0.39, 0.29) is 22.7 Å². The lowest BCUT2D eigenvalue weighted by molar-refractivity contribution is -0.689. The molecule has 0 aliphatic carbocycles. The molecule has 0 fully saturated rings. The van der Waals surface area contributed by atoms with Gasteiger partial charge < -0.3 is 32.4 Å². The van der Waals surface area contributed by atoms with E-state index in [0.717, 1.165) is 24.1 Å². The number of unbranched alkanes of at least 4 members (excludes halogenated alkanes) is 11. The minimum atomic E-state index is -0.475. The summed E-state index contributed by atoms with van der Waals surface area (Å²) in [6.45, 7) is 5.39. The topological polar surface area (TPSA) is 54.2 Å². The number of anilines is 2. The van der Waals surface area contributed by atoms with Crippen LogP contribution in [0, 0.1) is 12.7 Å². The molecule has 0 bridgehead atoms. The largest absolute Gasteiger partial charge is 1.00 e. The fraction of sp³-hybridized carbons (Fsp3) is 0.500. The summed E-state index contributed by atoms with van der Waals surface area (Å²) >= 11 is 1.64. The second-order valence-corrected chi connectivity index (χ2v) is 10.9. The second-order valence-electron chi connectivity index (χ2n) is 10.2. The number of ether oxygens (including phenoxy) is 1. The lowest BCUT2D eigenvalue weighted by atomic mass is 10.1. The third kappa shape index (κ3) is 12.0. The van der Waals surface area contributed by atoms with Gasteiger partial charge in [0.2, 0.25) is 5.51 Å². The van der Waals surface area contributed by atoms with Crippen molar-refractivity contribution in [2.75, 3.05) is 17.2 Å². The maximum Gasteiger partial charge on any atom is 0.323 e. The third-order valence-corrected chi connectivity index (χ3v) is 7.80. The van der Waals surface area contributed by atoms with E-state index >= 15 is 0 Å². The summed E-state index contributed by atoms with van der Waals surface area (Å²) in [4.78, 5) is 12.9. The number of nitrogens with one attached hydrogen (secondary N) is 2. The number of aromatic nitrogens is 1. The first-order valence-electron chi connectivity index (χ1n) is 14.6. The molecule has 220 valence electrons. The van der Waals surface area contributed by atoms with Gasteiger partial charge in [-0.1, -0.05) is 113 Å². The van der Waals surface area contributed by atoms with Gasteiger partial charge in [-0.3, -0.25) is 0 Å². The Morgan fingerprint density at radius 3 is 2.10 bits per heavy atom. The summed E-state index contributed by atoms with van der Waals surface area (Å²) in [7, 11) is 0. The van der Waals surface area contributed by atoms with Crippen molar-refractivity contribution in [2.24, 2.45) is 0 Å². The fourth-order valence-corrected chi connectivity index (χ4v) is 5.41. The van der Waals surface area contributed by atoms with Crippen LogP contribution in [0.1, 0.15) is 95.2 Å². The highest BCUT2D eigenvalue weighted by Gasteiger charge is 2.16. The highest BCUT2D eigenvalue weighted by molar-refractivity contribution is 7.07. The van der Waals surface area contributed by atoms with E-state index in [1.54, 1.807) is 23.5 Å². The molecule has 2 amide bonds. The van der Waals surface area contributed by atoms with Crippen molar-refractivity contribution in [3.8, 4) is 5.75 Å². The molecule has 3 aromatic rings. The molecule has 0 aliphatic rings. The summed E-state index contributed by atoms with van der Waals surface area (Å²) in [5.41, 5.74) is 5.24. The Morgan fingerprint density at radius 2 is 1.45 bits per heavy atom. The van der Waals surface area contributed by atoms with Crippen molar-refractivity contribution in [1.82, 2.24) is 0 Å². The molecular formula is C32H45BrFN3O2S. The quantitative estimate of drug-likeness (QED) is 0.128. The average molecular weight is 635 g/mol. The number of urea groups is 1. The smallest absolute Gasteiger partial charge is 0.323 e. The number of amides is 2. The highest BCUT2D eigenvalue weighted by Crippen LogP contribution is 2.28. The fourth-order valence-electron chi connectivity index (χ4n) is 4.63. The van der Waals surface area contributed by atoms with Crippen molar-refractivity contribution in [2.45, 2.75) is 97.4 Å². The number of nitrogens with zero attached hydrogens (tertiary/aromatic N) is 1. The molecule has 3 rings (SSSR count). The standard InChI is InChI=1S/C32H44FN3O2S.BrH/c1-3-4-5-6-7-8-9-10-11-12-13-16-22-38-31-28(33)19-17-21-30(31)35-32(37)34-29-20-15-14-18-27(29)23-36-25-39-24-26(36)2;/h14-15,17-21,24-25H,3-13,16,22-23H2,1-2H3,(H-,34,35,37);1H. The summed E-state index contributed by atoms with van der Waals surface area (Å²) < 4.78 is 22.5. The first-order valence-corrected chi connectivity index (χ1v) is 15.5. The first-order chi connectivity index (χ1) is 19.1. The Hall–Kier alpha value is -2.45. The molecule has 2 aromatic carbocycles. The Kier molecular flexibility index (Phi) is 16.5. The molecule has 1 aromatic heterocycles. The van der Waals surface area contributed by atoms with Gasteiger partial charge in [0.25, 0.3) is 0 Å². The summed E-state index contributed by atoms with van der Waals surface area (Å²) in [5, 5.41) is 7.78. The van der Waals surface area contributed by atoms with Gasteiger partial charge >= 0.3 is 6.03 Å². The number of halogens is 2. The van der Waals surface area contributed by atoms with Crippen molar-refractivity contribution >= 4 is 28.7 Å². The third-order valence-electron chi connectivity index (χ3n) is 6.95. The lowest BCUT2D eigenvalue weighted by Crippen LogP contribution is -3.00. The van der Waals surface area contributed by atoms with Crippen LogP contribution >= 0.6 is 11.3 Å². The predicted molar refractivity (Wildman–Crippen MR) is 160 cm³/mol. The van der Waals surface area contributed by atoms with Gasteiger partial charge in [-0.2, -0.15) is 4.57 Å².